The highest BCUT2D eigenvalue weighted by Gasteiger charge is 2.20. The van der Waals surface area contributed by atoms with E-state index in [0.717, 1.165) is 12.1 Å². The topological polar surface area (TPSA) is 24.9 Å². The van der Waals surface area contributed by atoms with Crippen LogP contribution in [0.5, 0.6) is 0 Å². The smallest absolute Gasteiger partial charge is 0.133 e. The van der Waals surface area contributed by atoms with Crippen LogP contribution in [-0.4, -0.2) is 11.5 Å². The van der Waals surface area contributed by atoms with Gasteiger partial charge in [-0.3, -0.25) is 0 Å². The summed E-state index contributed by atoms with van der Waals surface area (Å²) in [6.45, 7) is 1.09. The predicted octanol–water partition coefficient (Wildman–Crippen LogP) is 2.19. The van der Waals surface area contributed by atoms with E-state index < -0.39 is 0 Å². The molecule has 0 radical (unpaired) electrons. The Bertz CT molecular complexity index is 261. The van der Waals surface area contributed by atoms with Gasteiger partial charge in [0.25, 0.3) is 0 Å². The van der Waals surface area contributed by atoms with Gasteiger partial charge >= 0.3 is 0 Å². The van der Waals surface area contributed by atoms with Crippen LogP contribution >= 0.6 is 24.0 Å². The van der Waals surface area contributed by atoms with E-state index in [9.17, 15) is 0 Å². The molecule has 0 aliphatic carbocycles. The van der Waals surface area contributed by atoms with Crippen LogP contribution in [0.2, 0.25) is 5.15 Å². The monoisotopic (exact) mass is 204 g/mol. The molecule has 1 N–H and O–H groups in total. The average molecular weight is 205 g/mol. The zero-order chi connectivity index (χ0) is 7.68. The second-order valence-electron chi connectivity index (χ2n) is 2.68. The molecule has 2 nitrogen and oxygen atoms in total. The van der Waals surface area contributed by atoms with Crippen LogP contribution in [0, 0.1) is 0 Å². The quantitative estimate of drug-likeness (QED) is 0.711. The summed E-state index contributed by atoms with van der Waals surface area (Å²) in [5.74, 6) is 0. The molecule has 1 aromatic rings. The number of aromatic nitrogens is 1. The van der Waals surface area contributed by atoms with Crippen molar-refractivity contribution < 1.29 is 0 Å². The summed E-state index contributed by atoms with van der Waals surface area (Å²) in [6.07, 6.45) is 2.88. The fourth-order valence-electron chi connectivity index (χ4n) is 1.21. The lowest BCUT2D eigenvalue weighted by Gasteiger charge is -2.28. The SMILES string of the molecule is Cl.Clc1ncccc1[C@@H]1CCN1. The molecule has 1 aromatic heterocycles. The second kappa shape index (κ2) is 4.08. The summed E-state index contributed by atoms with van der Waals surface area (Å²) in [5, 5.41) is 3.91. The Labute approximate surface area is 82.7 Å². The molecule has 2 heterocycles. The minimum absolute atomic E-state index is 0. The maximum atomic E-state index is 5.88. The predicted molar refractivity (Wildman–Crippen MR) is 51.9 cm³/mol. The normalized spacial score (nSPS) is 20.9. The van der Waals surface area contributed by atoms with E-state index in [4.69, 9.17) is 11.6 Å². The van der Waals surface area contributed by atoms with Crippen molar-refractivity contribution in [2.75, 3.05) is 6.54 Å². The second-order valence-corrected chi connectivity index (χ2v) is 3.04. The Balaban J connectivity index is 0.000000720. The molecule has 0 spiro atoms. The average Bonchev–Trinajstić information content (AvgIpc) is 1.90. The van der Waals surface area contributed by atoms with E-state index in [1.807, 2.05) is 12.1 Å². The molecule has 1 atom stereocenters. The van der Waals surface area contributed by atoms with Crippen LogP contribution in [0.1, 0.15) is 18.0 Å². The van der Waals surface area contributed by atoms with Gasteiger partial charge in [-0.1, -0.05) is 17.7 Å². The van der Waals surface area contributed by atoms with Gasteiger partial charge in [0.2, 0.25) is 0 Å². The largest absolute Gasteiger partial charge is 0.310 e. The Hall–Kier alpha value is -0.310. The summed E-state index contributed by atoms with van der Waals surface area (Å²) in [4.78, 5) is 4.01. The van der Waals surface area contributed by atoms with Crippen LogP contribution < -0.4 is 5.32 Å². The van der Waals surface area contributed by atoms with Crippen molar-refractivity contribution >= 4 is 24.0 Å². The number of nitrogens with one attached hydrogen (secondary N) is 1. The van der Waals surface area contributed by atoms with Gasteiger partial charge in [-0.2, -0.15) is 0 Å². The first kappa shape index (κ1) is 9.78. The Kier molecular flexibility index (Phi) is 3.32. The van der Waals surface area contributed by atoms with Gasteiger partial charge in [0.05, 0.1) is 0 Å². The molecule has 0 saturated carbocycles. The maximum absolute atomic E-state index is 5.88. The van der Waals surface area contributed by atoms with Crippen molar-refractivity contribution in [2.24, 2.45) is 0 Å². The molecule has 0 bridgehead atoms. The van der Waals surface area contributed by atoms with Crippen molar-refractivity contribution in [1.82, 2.24) is 10.3 Å². The number of hydrogen-bond donors (Lipinski definition) is 1. The molecule has 66 valence electrons. The van der Waals surface area contributed by atoms with E-state index in [1.165, 1.54) is 6.42 Å². The summed E-state index contributed by atoms with van der Waals surface area (Å²) >= 11 is 5.88. The van der Waals surface area contributed by atoms with Crippen molar-refractivity contribution in [3.8, 4) is 0 Å². The first-order chi connectivity index (χ1) is 5.38. The molecule has 0 amide bonds. The number of pyridine rings is 1. The third kappa shape index (κ3) is 1.71. The number of nitrogens with zero attached hydrogens (tertiary/aromatic N) is 1. The van der Waals surface area contributed by atoms with Gasteiger partial charge in [0.1, 0.15) is 5.15 Å². The number of rotatable bonds is 1. The first-order valence-electron chi connectivity index (χ1n) is 3.72. The van der Waals surface area contributed by atoms with Crippen molar-refractivity contribution in [1.29, 1.82) is 0 Å². The fourth-order valence-corrected chi connectivity index (χ4v) is 1.46. The van der Waals surface area contributed by atoms with Crippen molar-refractivity contribution in [3.63, 3.8) is 0 Å². The number of halogens is 2. The summed E-state index contributed by atoms with van der Waals surface area (Å²) in [6, 6.07) is 4.38. The third-order valence-corrected chi connectivity index (χ3v) is 2.30. The molecule has 0 unspecified atom stereocenters. The lowest BCUT2D eigenvalue weighted by molar-refractivity contribution is 0.382. The van der Waals surface area contributed by atoms with Crippen LogP contribution in [0.3, 0.4) is 0 Å². The zero-order valence-corrected chi connectivity index (χ0v) is 8.03. The van der Waals surface area contributed by atoms with Crippen molar-refractivity contribution in [2.45, 2.75) is 12.5 Å². The van der Waals surface area contributed by atoms with E-state index in [0.29, 0.717) is 11.2 Å². The van der Waals surface area contributed by atoms with E-state index in [-0.39, 0.29) is 12.4 Å². The Morgan fingerprint density at radius 1 is 1.58 bits per heavy atom. The highest BCUT2D eigenvalue weighted by molar-refractivity contribution is 6.30. The minimum atomic E-state index is 0. The number of hydrogen-bond acceptors (Lipinski definition) is 2. The highest BCUT2D eigenvalue weighted by Crippen LogP contribution is 2.26. The molecule has 1 fully saturated rings. The van der Waals surface area contributed by atoms with Crippen LogP contribution in [0.4, 0.5) is 0 Å². The fraction of sp³-hybridized carbons (Fsp3) is 0.375. The van der Waals surface area contributed by atoms with Gasteiger partial charge < -0.3 is 5.32 Å². The molecule has 12 heavy (non-hydrogen) atoms. The van der Waals surface area contributed by atoms with Crippen LogP contribution in [0.15, 0.2) is 18.3 Å². The van der Waals surface area contributed by atoms with Crippen LogP contribution in [0.25, 0.3) is 0 Å². The zero-order valence-electron chi connectivity index (χ0n) is 6.46. The van der Waals surface area contributed by atoms with E-state index >= 15 is 0 Å². The molecule has 1 aliphatic rings. The lowest BCUT2D eigenvalue weighted by Crippen LogP contribution is -2.35. The van der Waals surface area contributed by atoms with Gasteiger partial charge in [-0.05, 0) is 19.0 Å². The van der Waals surface area contributed by atoms with Gasteiger partial charge in [0.15, 0.2) is 0 Å². The Morgan fingerprint density at radius 2 is 2.33 bits per heavy atom. The third-order valence-electron chi connectivity index (χ3n) is 1.99. The van der Waals surface area contributed by atoms with E-state index in [2.05, 4.69) is 10.3 Å². The first-order valence-corrected chi connectivity index (χ1v) is 4.09. The summed E-state index contributed by atoms with van der Waals surface area (Å²) in [5.41, 5.74) is 1.13. The summed E-state index contributed by atoms with van der Waals surface area (Å²) in [7, 11) is 0. The highest BCUT2D eigenvalue weighted by atomic mass is 35.5. The molecule has 1 aliphatic heterocycles. The van der Waals surface area contributed by atoms with Gasteiger partial charge in [0, 0.05) is 17.8 Å². The molecular weight excluding hydrogens is 195 g/mol. The lowest BCUT2D eigenvalue weighted by atomic mass is 10.00. The van der Waals surface area contributed by atoms with Crippen LogP contribution in [-0.2, 0) is 0 Å². The standard InChI is InChI=1S/C8H9ClN2.ClH/c9-8-6(2-1-4-11-8)7-3-5-10-7;/h1-2,4,7,10H,3,5H2;1H/t7-;/m0./s1. The molecule has 1 saturated heterocycles. The van der Waals surface area contributed by atoms with Gasteiger partial charge in [-0.15, -0.1) is 12.4 Å². The van der Waals surface area contributed by atoms with E-state index in [1.54, 1.807) is 6.20 Å². The molecule has 0 aromatic carbocycles. The van der Waals surface area contributed by atoms with Crippen molar-refractivity contribution in [3.05, 3.63) is 29.0 Å². The summed E-state index contributed by atoms with van der Waals surface area (Å²) < 4.78 is 0. The maximum Gasteiger partial charge on any atom is 0.133 e. The van der Waals surface area contributed by atoms with Gasteiger partial charge in [-0.25, -0.2) is 4.98 Å². The Morgan fingerprint density at radius 3 is 2.83 bits per heavy atom. The molecule has 2 rings (SSSR count). The molecule has 4 heteroatoms. The minimum Gasteiger partial charge on any atom is -0.310 e. The molecular formula is C8H10Cl2N2.